The molecule has 0 aliphatic rings. The standard InChI is InChI=1S/C19H17BrN4O4S/c1-28-16-10-15(24(26)27)14(9-17(16)29-2)19(25)22-18-6-7-21-23(18)11-12-4-3-5-13(20)8-12/h3-10H,11H2,1-2H3,(H,22,25). The number of carbonyl (C=O) groups is 1. The van der Waals surface area contributed by atoms with E-state index in [0.717, 1.165) is 10.0 Å². The zero-order valence-corrected chi connectivity index (χ0v) is 18.0. The lowest BCUT2D eigenvalue weighted by atomic mass is 10.1. The summed E-state index contributed by atoms with van der Waals surface area (Å²) in [6, 6.07) is 12.1. The molecule has 150 valence electrons. The van der Waals surface area contributed by atoms with Gasteiger partial charge in [-0.2, -0.15) is 5.10 Å². The van der Waals surface area contributed by atoms with E-state index in [-0.39, 0.29) is 11.3 Å². The van der Waals surface area contributed by atoms with Gasteiger partial charge in [0.15, 0.2) is 0 Å². The van der Waals surface area contributed by atoms with Gasteiger partial charge in [0, 0.05) is 10.5 Å². The normalized spacial score (nSPS) is 10.6. The molecule has 1 N–H and O–H groups in total. The Morgan fingerprint density at radius 2 is 2.14 bits per heavy atom. The lowest BCUT2D eigenvalue weighted by Gasteiger charge is -2.12. The highest BCUT2D eigenvalue weighted by atomic mass is 79.9. The van der Waals surface area contributed by atoms with Gasteiger partial charge < -0.3 is 10.1 Å². The molecule has 0 unspecified atom stereocenters. The van der Waals surface area contributed by atoms with Crippen molar-refractivity contribution in [1.29, 1.82) is 0 Å². The molecule has 0 fully saturated rings. The molecular weight excluding hydrogens is 460 g/mol. The summed E-state index contributed by atoms with van der Waals surface area (Å²) in [7, 11) is 1.43. The predicted octanol–water partition coefficient (Wildman–Crippen LogP) is 4.58. The van der Waals surface area contributed by atoms with E-state index in [1.54, 1.807) is 23.2 Å². The molecule has 8 nitrogen and oxygen atoms in total. The molecule has 2 aromatic carbocycles. The van der Waals surface area contributed by atoms with Crippen molar-refractivity contribution in [1.82, 2.24) is 9.78 Å². The molecule has 0 atom stereocenters. The third-order valence-electron chi connectivity index (χ3n) is 4.12. The number of hydrogen-bond donors (Lipinski definition) is 1. The molecule has 0 bridgehead atoms. The van der Waals surface area contributed by atoms with Crippen LogP contribution < -0.4 is 10.1 Å². The number of thioether (sulfide) groups is 1. The fraction of sp³-hybridized carbons (Fsp3) is 0.158. The van der Waals surface area contributed by atoms with Crippen LogP contribution in [0, 0.1) is 10.1 Å². The summed E-state index contributed by atoms with van der Waals surface area (Å²) in [6.07, 6.45) is 3.36. The SMILES string of the molecule is COc1cc([N+](=O)[O-])c(C(=O)Nc2ccnn2Cc2cccc(Br)c2)cc1SC. The Balaban J connectivity index is 1.90. The van der Waals surface area contributed by atoms with Crippen LogP contribution in [0.5, 0.6) is 5.75 Å². The molecule has 0 spiro atoms. The molecule has 1 amide bonds. The second-order valence-electron chi connectivity index (χ2n) is 5.94. The van der Waals surface area contributed by atoms with E-state index in [9.17, 15) is 14.9 Å². The van der Waals surface area contributed by atoms with Crippen LogP contribution >= 0.6 is 27.7 Å². The number of ether oxygens (including phenoxy) is 1. The van der Waals surface area contributed by atoms with Crippen LogP contribution in [0.4, 0.5) is 11.5 Å². The Morgan fingerprint density at radius 1 is 1.34 bits per heavy atom. The number of carbonyl (C=O) groups excluding carboxylic acids is 1. The van der Waals surface area contributed by atoms with Crippen molar-refractivity contribution >= 4 is 45.1 Å². The number of nitrogens with zero attached hydrogens (tertiary/aromatic N) is 3. The summed E-state index contributed by atoms with van der Waals surface area (Å²) in [5.41, 5.74) is 0.615. The van der Waals surface area contributed by atoms with E-state index >= 15 is 0 Å². The number of anilines is 1. The van der Waals surface area contributed by atoms with Gasteiger partial charge in [-0.05, 0) is 30.0 Å². The van der Waals surface area contributed by atoms with Crippen molar-refractivity contribution in [3.63, 3.8) is 0 Å². The average molecular weight is 477 g/mol. The third kappa shape index (κ3) is 4.77. The smallest absolute Gasteiger partial charge is 0.285 e. The van der Waals surface area contributed by atoms with Crippen molar-refractivity contribution < 1.29 is 14.5 Å². The number of benzene rings is 2. The molecule has 0 saturated carbocycles. The van der Waals surface area contributed by atoms with Gasteiger partial charge in [0.1, 0.15) is 17.1 Å². The first kappa shape index (κ1) is 20.9. The van der Waals surface area contributed by atoms with Gasteiger partial charge >= 0.3 is 0 Å². The van der Waals surface area contributed by atoms with Crippen molar-refractivity contribution in [2.24, 2.45) is 0 Å². The van der Waals surface area contributed by atoms with Gasteiger partial charge in [0.2, 0.25) is 0 Å². The van der Waals surface area contributed by atoms with Gasteiger partial charge in [0.25, 0.3) is 11.6 Å². The maximum atomic E-state index is 12.8. The number of aromatic nitrogens is 2. The van der Waals surface area contributed by atoms with Crippen LogP contribution in [-0.4, -0.2) is 34.0 Å². The number of nitro benzene ring substituents is 1. The Hall–Kier alpha value is -2.85. The van der Waals surface area contributed by atoms with Crippen LogP contribution in [-0.2, 0) is 6.54 Å². The third-order valence-corrected chi connectivity index (χ3v) is 5.37. The number of nitrogens with one attached hydrogen (secondary N) is 1. The monoisotopic (exact) mass is 476 g/mol. The summed E-state index contributed by atoms with van der Waals surface area (Å²) in [6.45, 7) is 0.433. The summed E-state index contributed by atoms with van der Waals surface area (Å²) < 4.78 is 7.74. The first-order valence-electron chi connectivity index (χ1n) is 8.41. The second-order valence-corrected chi connectivity index (χ2v) is 7.70. The van der Waals surface area contributed by atoms with Gasteiger partial charge in [0.05, 0.1) is 35.7 Å². The molecule has 10 heteroatoms. The van der Waals surface area contributed by atoms with Crippen LogP contribution in [0.2, 0.25) is 0 Å². The molecule has 1 aromatic heterocycles. The predicted molar refractivity (Wildman–Crippen MR) is 115 cm³/mol. The molecule has 3 rings (SSSR count). The number of rotatable bonds is 7. The summed E-state index contributed by atoms with van der Waals surface area (Å²) in [5.74, 6) is 0.192. The number of hydrogen-bond acceptors (Lipinski definition) is 6. The summed E-state index contributed by atoms with van der Waals surface area (Å²) >= 11 is 4.76. The topological polar surface area (TPSA) is 99.3 Å². The molecule has 0 radical (unpaired) electrons. The first-order chi connectivity index (χ1) is 13.9. The zero-order valence-electron chi connectivity index (χ0n) is 15.6. The number of halogens is 1. The van der Waals surface area contributed by atoms with Gasteiger partial charge in [-0.15, -0.1) is 11.8 Å². The van der Waals surface area contributed by atoms with Gasteiger partial charge in [-0.1, -0.05) is 28.1 Å². The van der Waals surface area contributed by atoms with Gasteiger partial charge in [-0.3, -0.25) is 14.9 Å². The molecule has 0 aliphatic carbocycles. The van der Waals surface area contributed by atoms with E-state index in [0.29, 0.717) is 23.0 Å². The summed E-state index contributed by atoms with van der Waals surface area (Å²) in [4.78, 5) is 24.4. The maximum Gasteiger partial charge on any atom is 0.285 e. The highest BCUT2D eigenvalue weighted by Crippen LogP contribution is 2.34. The highest BCUT2D eigenvalue weighted by Gasteiger charge is 2.24. The van der Waals surface area contributed by atoms with Crippen molar-refractivity contribution in [2.45, 2.75) is 11.4 Å². The Morgan fingerprint density at radius 3 is 2.79 bits per heavy atom. The second kappa shape index (κ2) is 9.10. The van der Waals surface area contributed by atoms with E-state index < -0.39 is 10.8 Å². The largest absolute Gasteiger partial charge is 0.495 e. The van der Waals surface area contributed by atoms with Crippen molar-refractivity contribution in [3.8, 4) is 5.75 Å². The zero-order chi connectivity index (χ0) is 21.0. The lowest BCUT2D eigenvalue weighted by molar-refractivity contribution is -0.385. The van der Waals surface area contributed by atoms with Crippen LogP contribution in [0.1, 0.15) is 15.9 Å². The maximum absolute atomic E-state index is 12.8. The summed E-state index contributed by atoms with van der Waals surface area (Å²) in [5, 5.41) is 18.4. The van der Waals surface area contributed by atoms with Crippen LogP contribution in [0.25, 0.3) is 0 Å². The van der Waals surface area contributed by atoms with Gasteiger partial charge in [-0.25, -0.2) is 4.68 Å². The fourth-order valence-corrected chi connectivity index (χ4v) is 3.78. The molecule has 0 aliphatic heterocycles. The van der Waals surface area contributed by atoms with Crippen molar-refractivity contribution in [2.75, 3.05) is 18.7 Å². The van der Waals surface area contributed by atoms with E-state index in [1.807, 2.05) is 24.3 Å². The van der Waals surface area contributed by atoms with E-state index in [2.05, 4.69) is 26.3 Å². The molecule has 29 heavy (non-hydrogen) atoms. The Kier molecular flexibility index (Phi) is 6.55. The van der Waals surface area contributed by atoms with Crippen LogP contribution in [0.3, 0.4) is 0 Å². The van der Waals surface area contributed by atoms with Crippen LogP contribution in [0.15, 0.2) is 58.0 Å². The first-order valence-corrected chi connectivity index (χ1v) is 10.4. The van der Waals surface area contributed by atoms with Crippen molar-refractivity contribution in [3.05, 3.63) is 74.4 Å². The Bertz CT molecular complexity index is 1070. The molecule has 1 heterocycles. The molecule has 0 saturated heterocycles. The number of nitro groups is 1. The number of amides is 1. The minimum absolute atomic E-state index is 0.0460. The molecular formula is C19H17BrN4O4S. The number of methoxy groups -OCH3 is 1. The quantitative estimate of drug-likeness (QED) is 0.304. The Labute approximate surface area is 179 Å². The molecule has 3 aromatic rings. The van der Waals surface area contributed by atoms with E-state index in [4.69, 9.17) is 4.74 Å². The highest BCUT2D eigenvalue weighted by molar-refractivity contribution is 9.10. The lowest BCUT2D eigenvalue weighted by Crippen LogP contribution is -2.17. The average Bonchev–Trinajstić information content (AvgIpc) is 3.13. The minimum atomic E-state index is -0.597. The fourth-order valence-electron chi connectivity index (χ4n) is 2.76. The minimum Gasteiger partial charge on any atom is -0.495 e. The van der Waals surface area contributed by atoms with E-state index in [1.165, 1.54) is 31.0 Å².